The van der Waals surface area contributed by atoms with Crippen LogP contribution in [0, 0.1) is 11.3 Å². The summed E-state index contributed by atoms with van der Waals surface area (Å²) in [5, 5.41) is 29.4. The van der Waals surface area contributed by atoms with E-state index in [4.69, 9.17) is 5.26 Å². The smallest absolute Gasteiger partial charge is 0.335 e. The topological polar surface area (TPSA) is 115 Å². The van der Waals surface area contributed by atoms with Crippen molar-refractivity contribution in [3.05, 3.63) is 64.7 Å². The van der Waals surface area contributed by atoms with Crippen LogP contribution in [-0.4, -0.2) is 24.6 Å². The van der Waals surface area contributed by atoms with Crippen LogP contribution in [0.4, 0.5) is 0 Å². The van der Waals surface area contributed by atoms with E-state index in [1.165, 1.54) is 24.3 Å². The SMILES string of the molecule is CC(C)(C)c1cc(/C(=C/CC#N)S(=O)(=O)c2cccc(C(=O)O)c2)cc(C(C)(C)C)c1O. The summed E-state index contributed by atoms with van der Waals surface area (Å²) in [6, 6.07) is 10.3. The molecule has 0 heterocycles. The average molecular weight is 456 g/mol. The van der Waals surface area contributed by atoms with E-state index < -0.39 is 26.6 Å². The number of carboxylic acids is 1. The highest BCUT2D eigenvalue weighted by Crippen LogP contribution is 2.42. The molecule has 7 heteroatoms. The van der Waals surface area contributed by atoms with Crippen molar-refractivity contribution in [3.63, 3.8) is 0 Å². The Morgan fingerprint density at radius 1 is 1.00 bits per heavy atom. The van der Waals surface area contributed by atoms with Crippen molar-refractivity contribution in [2.45, 2.75) is 63.7 Å². The van der Waals surface area contributed by atoms with E-state index in [1.807, 2.05) is 47.6 Å². The van der Waals surface area contributed by atoms with Crippen molar-refractivity contribution < 1.29 is 23.4 Å². The first-order valence-electron chi connectivity index (χ1n) is 10.1. The van der Waals surface area contributed by atoms with E-state index in [0.29, 0.717) is 16.7 Å². The number of carboxylic acid groups (broad SMARTS) is 1. The molecule has 2 rings (SSSR count). The highest BCUT2D eigenvalue weighted by Gasteiger charge is 2.30. The summed E-state index contributed by atoms with van der Waals surface area (Å²) in [6.07, 6.45) is 1.18. The first kappa shape index (κ1) is 25.2. The highest BCUT2D eigenvalue weighted by atomic mass is 32.2. The van der Waals surface area contributed by atoms with Gasteiger partial charge in [-0.3, -0.25) is 0 Å². The predicted molar refractivity (Wildman–Crippen MR) is 124 cm³/mol. The maximum Gasteiger partial charge on any atom is 0.335 e. The molecule has 6 nitrogen and oxygen atoms in total. The third kappa shape index (κ3) is 5.20. The number of benzene rings is 2. The van der Waals surface area contributed by atoms with Gasteiger partial charge in [0.1, 0.15) is 5.75 Å². The minimum Gasteiger partial charge on any atom is -0.507 e. The van der Waals surface area contributed by atoms with Crippen LogP contribution < -0.4 is 0 Å². The van der Waals surface area contributed by atoms with Gasteiger partial charge in [0.05, 0.1) is 27.9 Å². The standard InChI is InChI=1S/C25H29NO5S/c1-24(2,3)19-14-17(15-20(22(19)27)25(4,5)6)21(11-8-12-26)32(30,31)18-10-7-9-16(13-18)23(28)29/h7,9-11,13-15,27H,8H2,1-6H3,(H,28,29)/b21-11-. The van der Waals surface area contributed by atoms with Gasteiger partial charge in [-0.15, -0.1) is 0 Å². The summed E-state index contributed by atoms with van der Waals surface area (Å²) in [4.78, 5) is 11.1. The number of nitriles is 1. The maximum absolute atomic E-state index is 13.6. The molecular weight excluding hydrogens is 426 g/mol. The Kier molecular flexibility index (Phi) is 6.91. The molecule has 2 aromatic rings. The van der Waals surface area contributed by atoms with Crippen LogP contribution in [0.15, 0.2) is 47.4 Å². The molecule has 2 aromatic carbocycles. The average Bonchev–Trinajstić information content (AvgIpc) is 2.67. The maximum atomic E-state index is 13.6. The van der Waals surface area contributed by atoms with Crippen molar-refractivity contribution in [1.82, 2.24) is 0 Å². The van der Waals surface area contributed by atoms with E-state index in [1.54, 1.807) is 12.1 Å². The molecule has 32 heavy (non-hydrogen) atoms. The first-order valence-corrected chi connectivity index (χ1v) is 11.6. The normalized spacial score (nSPS) is 13.0. The molecular formula is C25H29NO5S. The molecule has 0 saturated carbocycles. The minimum atomic E-state index is -4.15. The van der Waals surface area contributed by atoms with Gasteiger partial charge >= 0.3 is 5.97 Å². The van der Waals surface area contributed by atoms with Crippen LogP contribution in [0.1, 0.15) is 75.0 Å². The molecule has 170 valence electrons. The third-order valence-corrected chi connectivity index (χ3v) is 6.93. The second kappa shape index (κ2) is 8.79. The lowest BCUT2D eigenvalue weighted by atomic mass is 9.78. The van der Waals surface area contributed by atoms with Crippen LogP contribution in [0.3, 0.4) is 0 Å². The second-order valence-corrected chi connectivity index (χ2v) is 11.6. The van der Waals surface area contributed by atoms with E-state index in [0.717, 1.165) is 6.07 Å². The quantitative estimate of drug-likeness (QED) is 0.622. The fourth-order valence-corrected chi connectivity index (χ4v) is 4.89. The van der Waals surface area contributed by atoms with Crippen molar-refractivity contribution >= 4 is 20.7 Å². The number of aromatic hydroxyl groups is 1. The van der Waals surface area contributed by atoms with E-state index in [2.05, 4.69) is 0 Å². The van der Waals surface area contributed by atoms with E-state index in [9.17, 15) is 23.4 Å². The number of sulfone groups is 1. The summed E-state index contributed by atoms with van der Waals surface area (Å²) < 4.78 is 27.2. The molecule has 2 N–H and O–H groups in total. The molecule has 0 aliphatic carbocycles. The van der Waals surface area contributed by atoms with E-state index >= 15 is 0 Å². The summed E-state index contributed by atoms with van der Waals surface area (Å²) in [6.45, 7) is 11.5. The Labute approximate surface area is 189 Å². The van der Waals surface area contributed by atoms with Crippen LogP contribution in [0.5, 0.6) is 5.75 Å². The van der Waals surface area contributed by atoms with Gasteiger partial charge in [-0.25, -0.2) is 13.2 Å². The molecule has 0 aliphatic rings. The second-order valence-electron chi connectivity index (χ2n) is 9.69. The van der Waals surface area contributed by atoms with Crippen LogP contribution in [-0.2, 0) is 20.7 Å². The van der Waals surface area contributed by atoms with Crippen LogP contribution in [0.25, 0.3) is 4.91 Å². The molecule has 0 saturated heterocycles. The Bertz CT molecular complexity index is 1190. The van der Waals surface area contributed by atoms with Gasteiger partial charge < -0.3 is 10.2 Å². The van der Waals surface area contributed by atoms with Crippen molar-refractivity contribution in [1.29, 1.82) is 5.26 Å². The van der Waals surface area contributed by atoms with Crippen LogP contribution in [0.2, 0.25) is 0 Å². The number of hydrogen-bond donors (Lipinski definition) is 2. The predicted octanol–water partition coefficient (Wildman–Crippen LogP) is 5.41. The van der Waals surface area contributed by atoms with E-state index in [-0.39, 0.29) is 27.5 Å². The van der Waals surface area contributed by atoms with Gasteiger partial charge in [-0.05, 0) is 46.7 Å². The Hall–Kier alpha value is -3.11. The van der Waals surface area contributed by atoms with Gasteiger partial charge in [-0.2, -0.15) is 5.26 Å². The van der Waals surface area contributed by atoms with Gasteiger partial charge in [0.2, 0.25) is 9.84 Å². The van der Waals surface area contributed by atoms with Crippen molar-refractivity contribution in [3.8, 4) is 11.8 Å². The van der Waals surface area contributed by atoms with Gasteiger partial charge in [0, 0.05) is 11.1 Å². The third-order valence-electron chi connectivity index (χ3n) is 5.07. The molecule has 0 bridgehead atoms. The number of hydrogen-bond acceptors (Lipinski definition) is 5. The Balaban J connectivity index is 2.89. The molecule has 0 fully saturated rings. The summed E-state index contributed by atoms with van der Waals surface area (Å²) >= 11 is 0. The van der Waals surface area contributed by atoms with Gasteiger partial charge in [0.15, 0.2) is 0 Å². The molecule has 0 unspecified atom stereocenters. The lowest BCUT2D eigenvalue weighted by Crippen LogP contribution is -2.18. The number of nitrogens with zero attached hydrogens (tertiary/aromatic N) is 1. The molecule has 0 spiro atoms. The summed E-state index contributed by atoms with van der Waals surface area (Å²) in [5.74, 6) is -1.13. The number of aromatic carboxylic acids is 1. The number of carbonyl (C=O) groups is 1. The number of rotatable bonds is 5. The van der Waals surface area contributed by atoms with Crippen molar-refractivity contribution in [2.75, 3.05) is 0 Å². The lowest BCUT2D eigenvalue weighted by Gasteiger charge is -2.28. The Morgan fingerprint density at radius 3 is 1.97 bits per heavy atom. The van der Waals surface area contributed by atoms with Gasteiger partial charge in [0.25, 0.3) is 0 Å². The molecule has 0 atom stereocenters. The minimum absolute atomic E-state index is 0.0995. The fourth-order valence-electron chi connectivity index (χ4n) is 3.36. The zero-order valence-corrected chi connectivity index (χ0v) is 20.0. The molecule has 0 aromatic heterocycles. The summed E-state index contributed by atoms with van der Waals surface area (Å²) in [5.41, 5.74) is 0.395. The Morgan fingerprint density at radius 2 is 1.53 bits per heavy atom. The highest BCUT2D eigenvalue weighted by molar-refractivity contribution is 8.00. The lowest BCUT2D eigenvalue weighted by molar-refractivity contribution is 0.0696. The fraction of sp³-hybridized carbons (Fsp3) is 0.360. The molecule has 0 aliphatic heterocycles. The molecule has 0 radical (unpaired) electrons. The number of phenolic OH excluding ortho intramolecular Hbond substituents is 1. The van der Waals surface area contributed by atoms with Crippen LogP contribution >= 0.6 is 0 Å². The summed E-state index contributed by atoms with van der Waals surface area (Å²) in [7, 11) is -4.15. The monoisotopic (exact) mass is 455 g/mol. The zero-order valence-electron chi connectivity index (χ0n) is 19.2. The number of phenols is 1. The first-order chi connectivity index (χ1) is 14.6. The van der Waals surface area contributed by atoms with Crippen molar-refractivity contribution in [2.24, 2.45) is 0 Å². The zero-order chi connectivity index (χ0) is 24.5. The van der Waals surface area contributed by atoms with Gasteiger partial charge in [-0.1, -0.05) is 53.7 Å². The largest absolute Gasteiger partial charge is 0.507 e. The molecule has 0 amide bonds. The number of allylic oxidation sites excluding steroid dienone is 1.